The Morgan fingerprint density at radius 3 is 3.00 bits per heavy atom. The predicted octanol–water partition coefficient (Wildman–Crippen LogP) is 1.86. The number of rotatable bonds is 2. The van der Waals surface area contributed by atoms with Crippen molar-refractivity contribution in [2.45, 2.75) is 0 Å². The first kappa shape index (κ1) is 8.75. The quantitative estimate of drug-likeness (QED) is 0.530. The van der Waals surface area contributed by atoms with E-state index in [1.54, 1.807) is 13.0 Å². The Balaban J connectivity index is 2.35. The first-order chi connectivity index (χ1) is 6.79. The molecule has 0 aliphatic heterocycles. The van der Waals surface area contributed by atoms with Crippen LogP contribution in [0, 0.1) is 0 Å². The number of hydrogen-bond acceptors (Lipinski definition) is 3. The van der Waals surface area contributed by atoms with Gasteiger partial charge in [0.2, 0.25) is 0 Å². The Hall–Kier alpha value is -1.84. The molecule has 0 radical (unpaired) electrons. The summed E-state index contributed by atoms with van der Waals surface area (Å²) < 4.78 is 10.1. The molecule has 2 rings (SSSR count). The fourth-order valence-electron chi connectivity index (χ4n) is 1.15. The normalized spacial score (nSPS) is 9.71. The average Bonchev–Trinajstić information content (AvgIpc) is 2.59. The van der Waals surface area contributed by atoms with E-state index in [9.17, 15) is 4.79 Å². The summed E-state index contributed by atoms with van der Waals surface area (Å²) in [4.78, 5) is 10.9. The first-order valence-electron chi connectivity index (χ1n) is 4.12. The number of ether oxygens (including phenoxy) is 1. The summed E-state index contributed by atoms with van der Waals surface area (Å²) in [6.07, 6.45) is 1.09. The molecule has 0 saturated heterocycles. The molecule has 0 atom stereocenters. The molecule has 1 heterocycles. The van der Waals surface area contributed by atoms with Crippen LogP contribution in [0.5, 0.6) is 5.84 Å². The summed E-state index contributed by atoms with van der Waals surface area (Å²) >= 11 is 0. The SMILES string of the molecule is C=CC(=O)Oc1bc2ccccc2o1. The van der Waals surface area contributed by atoms with Gasteiger partial charge in [-0.05, 0) is 0 Å². The summed E-state index contributed by atoms with van der Waals surface area (Å²) in [6, 6.07) is 7.42. The van der Waals surface area contributed by atoms with Gasteiger partial charge in [-0.15, -0.1) is 0 Å². The number of para-hydroxylation sites is 1. The van der Waals surface area contributed by atoms with E-state index in [-0.39, 0.29) is 5.84 Å². The number of fused-ring (bicyclic) bond motifs is 1. The van der Waals surface area contributed by atoms with Gasteiger partial charge in [0.05, 0.1) is 0 Å². The van der Waals surface area contributed by atoms with Crippen LogP contribution < -0.4 is 4.74 Å². The van der Waals surface area contributed by atoms with Crippen LogP contribution in [0.15, 0.2) is 41.3 Å². The van der Waals surface area contributed by atoms with Crippen LogP contribution in [-0.4, -0.2) is 12.9 Å². The van der Waals surface area contributed by atoms with Crippen molar-refractivity contribution in [3.63, 3.8) is 0 Å². The molecule has 1 aromatic heterocycles. The van der Waals surface area contributed by atoms with Gasteiger partial charge in [-0.3, -0.25) is 0 Å². The maximum absolute atomic E-state index is 10.9. The average molecular weight is 186 g/mol. The van der Waals surface area contributed by atoms with E-state index in [1.807, 2.05) is 18.2 Å². The summed E-state index contributed by atoms with van der Waals surface area (Å²) in [6.45, 7) is 4.96. The Morgan fingerprint density at radius 1 is 1.50 bits per heavy atom. The molecular weight excluding hydrogens is 179 g/mol. The topological polar surface area (TPSA) is 39.4 Å². The van der Waals surface area contributed by atoms with E-state index in [0.29, 0.717) is 5.58 Å². The Labute approximate surface area is 81.2 Å². The number of esters is 1. The minimum atomic E-state index is -0.524. The van der Waals surface area contributed by atoms with E-state index < -0.39 is 5.97 Å². The van der Waals surface area contributed by atoms with Crippen molar-refractivity contribution in [2.24, 2.45) is 0 Å². The number of carbonyl (C=O) groups excluding carboxylic acids is 1. The van der Waals surface area contributed by atoms with Gasteiger partial charge in [0.25, 0.3) is 0 Å². The molecule has 0 unspecified atom stereocenters. The van der Waals surface area contributed by atoms with Crippen LogP contribution in [0.1, 0.15) is 0 Å². The van der Waals surface area contributed by atoms with Crippen molar-refractivity contribution < 1.29 is 13.9 Å². The number of carbonyl (C=O) groups is 1. The molecule has 0 spiro atoms. The van der Waals surface area contributed by atoms with Crippen LogP contribution in [0.4, 0.5) is 0 Å². The molecule has 14 heavy (non-hydrogen) atoms. The number of hydrogen-bond donors (Lipinski definition) is 0. The molecule has 3 nitrogen and oxygen atoms in total. The molecule has 0 amide bonds. The molecule has 0 saturated carbocycles. The van der Waals surface area contributed by atoms with Gasteiger partial charge in [0.15, 0.2) is 0 Å². The van der Waals surface area contributed by atoms with E-state index >= 15 is 0 Å². The van der Waals surface area contributed by atoms with Crippen LogP contribution >= 0.6 is 0 Å². The van der Waals surface area contributed by atoms with Crippen molar-refractivity contribution in [3.8, 4) is 5.84 Å². The summed E-state index contributed by atoms with van der Waals surface area (Å²) in [5, 5.41) is 0.902. The second-order valence-electron chi connectivity index (χ2n) is 2.73. The molecule has 0 bridgehead atoms. The number of benzene rings is 1. The second kappa shape index (κ2) is 3.50. The molecule has 68 valence electrons. The van der Waals surface area contributed by atoms with E-state index in [4.69, 9.17) is 9.15 Å². The van der Waals surface area contributed by atoms with Gasteiger partial charge in [-0.2, -0.15) is 0 Å². The molecule has 0 aliphatic carbocycles. The van der Waals surface area contributed by atoms with E-state index in [0.717, 1.165) is 11.4 Å². The maximum atomic E-state index is 10.9. The van der Waals surface area contributed by atoms with Crippen molar-refractivity contribution >= 4 is 23.7 Å². The van der Waals surface area contributed by atoms with Crippen molar-refractivity contribution in [1.82, 2.24) is 0 Å². The molecule has 0 aliphatic rings. The van der Waals surface area contributed by atoms with Crippen LogP contribution in [0.25, 0.3) is 10.9 Å². The fourth-order valence-corrected chi connectivity index (χ4v) is 1.15. The van der Waals surface area contributed by atoms with Crippen molar-refractivity contribution in [3.05, 3.63) is 36.9 Å². The van der Waals surface area contributed by atoms with Gasteiger partial charge in [0.1, 0.15) is 0 Å². The Kier molecular flexibility index (Phi) is 2.19. The fraction of sp³-hybridized carbons (Fsp3) is 0. The third-order valence-electron chi connectivity index (χ3n) is 1.77. The molecule has 0 N–H and O–H groups in total. The molecule has 2 aromatic rings. The summed E-state index contributed by atoms with van der Waals surface area (Å²) in [7, 11) is 0. The molecule has 0 fully saturated rings. The Morgan fingerprint density at radius 2 is 2.29 bits per heavy atom. The zero-order valence-electron chi connectivity index (χ0n) is 7.40. The molecular formula is C10H7BO3. The van der Waals surface area contributed by atoms with Gasteiger partial charge in [-0.1, -0.05) is 0 Å². The zero-order valence-corrected chi connectivity index (χ0v) is 7.40. The van der Waals surface area contributed by atoms with Gasteiger partial charge in [0, 0.05) is 0 Å². The van der Waals surface area contributed by atoms with Gasteiger partial charge >= 0.3 is 80.5 Å². The minimum absolute atomic E-state index is 0.191. The van der Waals surface area contributed by atoms with Crippen LogP contribution in [0.3, 0.4) is 0 Å². The molecule has 4 heteroatoms. The standard InChI is InChI=1S/C10H7BO3/c1-2-9(12)14-10-11-7-5-3-4-6-8(7)13-10/h2-6H,1H2. The van der Waals surface area contributed by atoms with Crippen molar-refractivity contribution in [2.75, 3.05) is 0 Å². The zero-order chi connectivity index (χ0) is 9.97. The van der Waals surface area contributed by atoms with Gasteiger partial charge < -0.3 is 0 Å². The van der Waals surface area contributed by atoms with E-state index in [2.05, 4.69) is 6.58 Å². The third kappa shape index (κ3) is 1.59. The van der Waals surface area contributed by atoms with E-state index in [1.165, 1.54) is 0 Å². The van der Waals surface area contributed by atoms with Crippen molar-refractivity contribution in [1.29, 1.82) is 0 Å². The first-order valence-corrected chi connectivity index (χ1v) is 4.12. The second-order valence-corrected chi connectivity index (χ2v) is 2.73. The molecule has 1 aromatic carbocycles. The predicted molar refractivity (Wildman–Crippen MR) is 53.4 cm³/mol. The van der Waals surface area contributed by atoms with Crippen LogP contribution in [0.2, 0.25) is 0 Å². The van der Waals surface area contributed by atoms with Gasteiger partial charge in [-0.25, -0.2) is 0 Å². The third-order valence-corrected chi connectivity index (χ3v) is 1.77. The Bertz CT molecular complexity index is 454. The summed E-state index contributed by atoms with van der Waals surface area (Å²) in [5.41, 5.74) is 0.694. The monoisotopic (exact) mass is 186 g/mol. The van der Waals surface area contributed by atoms with Crippen LogP contribution in [-0.2, 0) is 4.79 Å². The summed E-state index contributed by atoms with van der Waals surface area (Å²) in [5.74, 6) is -0.333.